The fourth-order valence-corrected chi connectivity index (χ4v) is 1.46. The molecule has 0 aliphatic rings. The van der Waals surface area contributed by atoms with Crippen LogP contribution in [0.4, 0.5) is 5.82 Å². The van der Waals surface area contributed by atoms with Crippen molar-refractivity contribution in [1.29, 1.82) is 0 Å². The second-order valence-corrected chi connectivity index (χ2v) is 4.13. The van der Waals surface area contributed by atoms with Crippen molar-refractivity contribution in [3.63, 3.8) is 0 Å². The fourth-order valence-electron chi connectivity index (χ4n) is 1.46. The van der Waals surface area contributed by atoms with Gasteiger partial charge in [-0.3, -0.25) is 4.79 Å². The Morgan fingerprint density at radius 2 is 2.11 bits per heavy atom. The summed E-state index contributed by atoms with van der Waals surface area (Å²) in [6, 6.07) is 2.56. The van der Waals surface area contributed by atoms with E-state index in [9.17, 15) is 20.0 Å². The summed E-state index contributed by atoms with van der Waals surface area (Å²) < 4.78 is 0. The Hall–Kier alpha value is -1.89. The molecule has 100 valence electrons. The molecule has 1 amide bonds. The number of carbonyl (C=O) groups is 1. The molecule has 0 spiro atoms. The summed E-state index contributed by atoms with van der Waals surface area (Å²) in [7, 11) is 0. The van der Waals surface area contributed by atoms with E-state index >= 15 is 0 Å². The molecule has 0 aliphatic carbocycles. The van der Waals surface area contributed by atoms with Crippen molar-refractivity contribution in [2.24, 2.45) is 0 Å². The minimum absolute atomic E-state index is 0.108. The van der Waals surface area contributed by atoms with E-state index in [-0.39, 0.29) is 18.1 Å². The average Bonchev–Trinajstić information content (AvgIpc) is 2.85. The Morgan fingerprint density at radius 3 is 2.56 bits per heavy atom. The maximum absolute atomic E-state index is 11.7. The minimum Gasteiger partial charge on any atom is -0.388 e. The van der Waals surface area contributed by atoms with E-state index in [0.717, 1.165) is 0 Å². The highest BCUT2D eigenvalue weighted by Crippen LogP contribution is 2.14. The molecule has 3 N–H and O–H groups in total. The summed E-state index contributed by atoms with van der Waals surface area (Å²) in [6.07, 6.45) is 1.04. The zero-order valence-corrected chi connectivity index (χ0v) is 10.4. The van der Waals surface area contributed by atoms with Gasteiger partial charge in [-0.25, -0.2) is 4.98 Å². The molecule has 1 rings (SSSR count). The number of amides is 1. The number of rotatable bonds is 6. The lowest BCUT2D eigenvalue weighted by molar-refractivity contribution is -0.389. The number of aliphatic hydroxyl groups is 1. The molecule has 0 atom stereocenters. The predicted molar refractivity (Wildman–Crippen MR) is 65.3 cm³/mol. The van der Waals surface area contributed by atoms with Gasteiger partial charge in [0.2, 0.25) is 0 Å². The van der Waals surface area contributed by atoms with Gasteiger partial charge >= 0.3 is 5.82 Å². The molecule has 0 radical (unpaired) electrons. The van der Waals surface area contributed by atoms with Gasteiger partial charge in [-0.15, -0.1) is 0 Å². The van der Waals surface area contributed by atoms with Crippen molar-refractivity contribution in [2.75, 3.05) is 6.54 Å². The number of aromatic nitrogens is 1. The molecule has 0 aromatic carbocycles. The van der Waals surface area contributed by atoms with E-state index in [4.69, 9.17) is 0 Å². The highest BCUT2D eigenvalue weighted by Gasteiger charge is 2.24. The van der Waals surface area contributed by atoms with Gasteiger partial charge in [-0.1, -0.05) is 13.8 Å². The van der Waals surface area contributed by atoms with Crippen LogP contribution < -0.4 is 5.32 Å². The lowest BCUT2D eigenvalue weighted by Crippen LogP contribution is -2.42. The summed E-state index contributed by atoms with van der Waals surface area (Å²) in [5.41, 5.74) is -0.829. The van der Waals surface area contributed by atoms with Crippen LogP contribution in [0.5, 0.6) is 0 Å². The largest absolute Gasteiger partial charge is 0.388 e. The molecular weight excluding hydrogens is 238 g/mol. The van der Waals surface area contributed by atoms with Gasteiger partial charge < -0.3 is 20.5 Å². The van der Waals surface area contributed by atoms with Crippen molar-refractivity contribution in [1.82, 2.24) is 10.3 Å². The number of aromatic amines is 1. The average molecular weight is 255 g/mol. The molecule has 1 heterocycles. The van der Waals surface area contributed by atoms with E-state index in [2.05, 4.69) is 10.3 Å². The summed E-state index contributed by atoms with van der Waals surface area (Å²) in [5.74, 6) is -0.704. The monoisotopic (exact) mass is 255 g/mol. The van der Waals surface area contributed by atoms with E-state index < -0.39 is 16.4 Å². The molecule has 1 aromatic rings. The summed E-state index contributed by atoms with van der Waals surface area (Å²) in [4.78, 5) is 23.9. The van der Waals surface area contributed by atoms with Crippen LogP contribution in [0.15, 0.2) is 12.1 Å². The zero-order chi connectivity index (χ0) is 13.8. The highest BCUT2D eigenvalue weighted by molar-refractivity contribution is 5.92. The number of H-pyrrole nitrogens is 1. The van der Waals surface area contributed by atoms with Crippen molar-refractivity contribution in [2.45, 2.75) is 32.3 Å². The molecule has 0 saturated carbocycles. The summed E-state index contributed by atoms with van der Waals surface area (Å²) in [6.45, 7) is 3.77. The Kier molecular flexibility index (Phi) is 4.43. The van der Waals surface area contributed by atoms with E-state index in [1.807, 2.05) is 13.8 Å². The molecule has 7 nitrogen and oxygen atoms in total. The number of nitro groups is 1. The molecule has 0 fully saturated rings. The summed E-state index contributed by atoms with van der Waals surface area (Å²) >= 11 is 0. The predicted octanol–water partition coefficient (Wildman–Crippen LogP) is 1.20. The highest BCUT2D eigenvalue weighted by atomic mass is 16.6. The molecule has 0 saturated heterocycles. The molecular formula is C11H17N3O4. The SMILES string of the molecule is CCC(O)(CC)CNC(=O)c1ccc([N+](=O)[O-])[nH]1. The second-order valence-electron chi connectivity index (χ2n) is 4.13. The lowest BCUT2D eigenvalue weighted by atomic mass is 9.97. The smallest absolute Gasteiger partial charge is 0.321 e. The normalized spacial score (nSPS) is 11.3. The molecule has 0 unspecified atom stereocenters. The Bertz CT molecular complexity index is 437. The van der Waals surface area contributed by atoms with E-state index in [1.165, 1.54) is 12.1 Å². The molecule has 1 aromatic heterocycles. The van der Waals surface area contributed by atoms with Crippen LogP contribution in [0, 0.1) is 10.1 Å². The fraction of sp³-hybridized carbons (Fsp3) is 0.545. The van der Waals surface area contributed by atoms with Crippen LogP contribution in [0.25, 0.3) is 0 Å². The van der Waals surface area contributed by atoms with Gasteiger partial charge in [0, 0.05) is 12.6 Å². The lowest BCUT2D eigenvalue weighted by Gasteiger charge is -2.24. The van der Waals surface area contributed by atoms with Gasteiger partial charge in [0.1, 0.15) is 0 Å². The van der Waals surface area contributed by atoms with Gasteiger partial charge in [0.15, 0.2) is 5.69 Å². The van der Waals surface area contributed by atoms with E-state index in [1.54, 1.807) is 0 Å². The van der Waals surface area contributed by atoms with Crippen LogP contribution in [0.3, 0.4) is 0 Å². The Balaban J connectivity index is 2.62. The number of carbonyl (C=O) groups excluding carboxylic acids is 1. The van der Waals surface area contributed by atoms with Gasteiger partial charge in [0.05, 0.1) is 5.60 Å². The van der Waals surface area contributed by atoms with Crippen molar-refractivity contribution in [3.8, 4) is 0 Å². The van der Waals surface area contributed by atoms with Gasteiger partial charge in [0.25, 0.3) is 5.91 Å². The third-order valence-corrected chi connectivity index (χ3v) is 3.01. The molecule has 18 heavy (non-hydrogen) atoms. The van der Waals surface area contributed by atoms with Crippen molar-refractivity contribution in [3.05, 3.63) is 27.9 Å². The van der Waals surface area contributed by atoms with Crippen LogP contribution in [-0.2, 0) is 0 Å². The molecule has 0 bridgehead atoms. The first kappa shape index (κ1) is 14.2. The topological polar surface area (TPSA) is 108 Å². The standard InChI is InChI=1S/C11H17N3O4/c1-3-11(16,4-2)7-12-10(15)8-5-6-9(13-8)14(17)18/h5-6,13,16H,3-4,7H2,1-2H3,(H,12,15). The maximum atomic E-state index is 11.7. The van der Waals surface area contributed by atoms with Crippen LogP contribution in [0.2, 0.25) is 0 Å². The third-order valence-electron chi connectivity index (χ3n) is 3.01. The van der Waals surface area contributed by atoms with Gasteiger partial charge in [-0.05, 0) is 23.8 Å². The molecule has 0 aliphatic heterocycles. The number of hydrogen-bond acceptors (Lipinski definition) is 4. The number of nitrogens with zero attached hydrogens (tertiary/aromatic N) is 1. The second kappa shape index (κ2) is 5.63. The number of nitrogens with one attached hydrogen (secondary N) is 2. The van der Waals surface area contributed by atoms with Crippen LogP contribution in [-0.4, -0.2) is 33.1 Å². The van der Waals surface area contributed by atoms with Crippen molar-refractivity contribution < 1.29 is 14.8 Å². The third kappa shape index (κ3) is 3.30. The first-order valence-electron chi connectivity index (χ1n) is 5.76. The number of hydrogen-bond donors (Lipinski definition) is 3. The Morgan fingerprint density at radius 1 is 1.50 bits per heavy atom. The van der Waals surface area contributed by atoms with Crippen molar-refractivity contribution >= 4 is 11.7 Å². The Labute approximate surface area is 104 Å². The van der Waals surface area contributed by atoms with Gasteiger partial charge in [-0.2, -0.15) is 0 Å². The minimum atomic E-state index is -0.936. The molecule has 7 heteroatoms. The maximum Gasteiger partial charge on any atom is 0.321 e. The van der Waals surface area contributed by atoms with E-state index in [0.29, 0.717) is 12.8 Å². The van der Waals surface area contributed by atoms with Crippen LogP contribution in [0.1, 0.15) is 37.2 Å². The van der Waals surface area contributed by atoms with Crippen LogP contribution >= 0.6 is 0 Å². The first-order valence-corrected chi connectivity index (χ1v) is 5.76. The zero-order valence-electron chi connectivity index (χ0n) is 10.4. The quantitative estimate of drug-likeness (QED) is 0.524. The first-order chi connectivity index (χ1) is 8.41. The summed E-state index contributed by atoms with van der Waals surface area (Å²) in [5, 5.41) is 23.0.